The van der Waals surface area contributed by atoms with Crippen LogP contribution < -0.4 is 5.32 Å². The van der Waals surface area contributed by atoms with Gasteiger partial charge in [0, 0.05) is 44.4 Å². The van der Waals surface area contributed by atoms with Crippen molar-refractivity contribution in [3.63, 3.8) is 0 Å². The molecule has 0 unspecified atom stereocenters. The molecule has 1 fully saturated rings. The van der Waals surface area contributed by atoms with E-state index in [1.807, 2.05) is 4.90 Å². The molecule has 1 atom stereocenters. The Morgan fingerprint density at radius 2 is 1.75 bits per heavy atom. The third-order valence-electron chi connectivity index (χ3n) is 3.41. The van der Waals surface area contributed by atoms with Gasteiger partial charge in [0.25, 0.3) is 0 Å². The first-order chi connectivity index (χ1) is 9.15. The van der Waals surface area contributed by atoms with E-state index in [1.54, 1.807) is 0 Å². The van der Waals surface area contributed by atoms with E-state index >= 15 is 0 Å². The molecule has 0 aromatic heterocycles. The summed E-state index contributed by atoms with van der Waals surface area (Å²) in [7, 11) is 0. The average molecular weight is 311 g/mol. The lowest BCUT2D eigenvalue weighted by Gasteiger charge is -2.35. The zero-order valence-corrected chi connectivity index (χ0v) is 11.7. The quantitative estimate of drug-likeness (QED) is 0.833. The number of aliphatic hydroxyl groups is 1. The maximum Gasteiger partial charge on any atom is 0.166 e. The van der Waals surface area contributed by atoms with Crippen LogP contribution in [0.1, 0.15) is 18.0 Å². The van der Waals surface area contributed by atoms with Crippen LogP contribution >= 0.6 is 12.4 Å². The smallest absolute Gasteiger partial charge is 0.166 e. The Morgan fingerprint density at radius 3 is 2.35 bits per heavy atom. The first kappa shape index (κ1) is 17.2. The topological polar surface area (TPSA) is 35.5 Å². The highest BCUT2D eigenvalue weighted by molar-refractivity contribution is 5.85. The van der Waals surface area contributed by atoms with Crippen molar-refractivity contribution in [1.82, 2.24) is 10.2 Å². The van der Waals surface area contributed by atoms with Gasteiger partial charge >= 0.3 is 0 Å². The monoisotopic (exact) mass is 310 g/mol. The van der Waals surface area contributed by atoms with Crippen molar-refractivity contribution < 1.29 is 18.3 Å². The number of hydrogen-bond acceptors (Lipinski definition) is 3. The second kappa shape index (κ2) is 7.83. The molecule has 7 heteroatoms. The molecule has 20 heavy (non-hydrogen) atoms. The summed E-state index contributed by atoms with van der Waals surface area (Å²) in [5.74, 6) is -2.98. The van der Waals surface area contributed by atoms with Gasteiger partial charge in [-0.25, -0.2) is 13.2 Å². The number of aliphatic hydroxyl groups excluding tert-OH is 1. The number of nitrogens with zero attached hydrogens (tertiary/aromatic N) is 1. The Labute approximate surface area is 122 Å². The highest BCUT2D eigenvalue weighted by Gasteiger charge is 2.28. The van der Waals surface area contributed by atoms with E-state index in [0.29, 0.717) is 26.2 Å². The maximum atomic E-state index is 13.9. The Kier molecular flexibility index (Phi) is 6.75. The average Bonchev–Trinajstić information content (AvgIpc) is 2.43. The maximum absolute atomic E-state index is 13.9. The molecule has 1 saturated heterocycles. The molecule has 1 aliphatic heterocycles. The van der Waals surface area contributed by atoms with Crippen LogP contribution in [0.25, 0.3) is 0 Å². The first-order valence-corrected chi connectivity index (χ1v) is 6.34. The van der Waals surface area contributed by atoms with Crippen LogP contribution in [0, 0.1) is 17.5 Å². The standard InChI is InChI=1S/C13H17F3N2O.ClH/c14-9-1-2-10(15)13(16)12(9)11(3-8-19)18-6-4-17-5-7-18;/h1-2,11,17,19H,3-8H2;1H/t11-;/m0./s1. The molecule has 2 rings (SSSR count). The fourth-order valence-electron chi connectivity index (χ4n) is 2.47. The van der Waals surface area contributed by atoms with Gasteiger partial charge in [-0.05, 0) is 18.6 Å². The molecule has 0 spiro atoms. The Bertz CT molecular complexity index is 442. The van der Waals surface area contributed by atoms with Gasteiger partial charge in [0.15, 0.2) is 11.6 Å². The summed E-state index contributed by atoms with van der Waals surface area (Å²) >= 11 is 0. The SMILES string of the molecule is Cl.OCC[C@@H](c1c(F)ccc(F)c1F)N1CCNCC1. The summed E-state index contributed by atoms with van der Waals surface area (Å²) in [5.41, 5.74) is -0.282. The molecule has 0 saturated carbocycles. The molecule has 1 aromatic rings. The lowest BCUT2D eigenvalue weighted by Crippen LogP contribution is -2.45. The molecule has 1 aliphatic rings. The van der Waals surface area contributed by atoms with Crippen LogP contribution in [0.5, 0.6) is 0 Å². The van der Waals surface area contributed by atoms with E-state index in [1.165, 1.54) is 0 Å². The van der Waals surface area contributed by atoms with Gasteiger partial charge in [0.05, 0.1) is 0 Å². The normalized spacial score (nSPS) is 17.6. The number of benzene rings is 1. The van der Waals surface area contributed by atoms with E-state index in [-0.39, 0.29) is 31.0 Å². The predicted octanol–water partition coefficient (Wildman–Crippen LogP) is 1.85. The van der Waals surface area contributed by atoms with Crippen molar-refractivity contribution in [3.8, 4) is 0 Å². The molecule has 0 amide bonds. The fourth-order valence-corrected chi connectivity index (χ4v) is 2.47. The highest BCUT2D eigenvalue weighted by atomic mass is 35.5. The van der Waals surface area contributed by atoms with E-state index in [9.17, 15) is 13.2 Å². The minimum absolute atomic E-state index is 0. The Morgan fingerprint density at radius 1 is 1.15 bits per heavy atom. The van der Waals surface area contributed by atoms with Crippen molar-refractivity contribution in [3.05, 3.63) is 35.1 Å². The van der Waals surface area contributed by atoms with Gasteiger partial charge in [-0.1, -0.05) is 0 Å². The largest absolute Gasteiger partial charge is 0.396 e. The number of halogens is 4. The van der Waals surface area contributed by atoms with Crippen molar-refractivity contribution >= 4 is 12.4 Å². The van der Waals surface area contributed by atoms with Crippen LogP contribution in [0.2, 0.25) is 0 Å². The molecule has 0 aliphatic carbocycles. The molecule has 1 heterocycles. The number of nitrogens with one attached hydrogen (secondary N) is 1. The van der Waals surface area contributed by atoms with Crippen LogP contribution in [0.3, 0.4) is 0 Å². The fraction of sp³-hybridized carbons (Fsp3) is 0.538. The zero-order valence-electron chi connectivity index (χ0n) is 10.9. The van der Waals surface area contributed by atoms with Crippen LogP contribution in [0.15, 0.2) is 12.1 Å². The zero-order chi connectivity index (χ0) is 13.8. The second-order valence-corrected chi connectivity index (χ2v) is 4.57. The summed E-state index contributed by atoms with van der Waals surface area (Å²) < 4.78 is 41.0. The van der Waals surface area contributed by atoms with E-state index < -0.39 is 23.5 Å². The van der Waals surface area contributed by atoms with Crippen LogP contribution in [-0.4, -0.2) is 42.8 Å². The number of piperazine rings is 1. The molecule has 0 radical (unpaired) electrons. The van der Waals surface area contributed by atoms with Crippen molar-refractivity contribution in [1.29, 1.82) is 0 Å². The summed E-state index contributed by atoms with van der Waals surface area (Å²) in [6.07, 6.45) is 0.178. The molecule has 2 N–H and O–H groups in total. The van der Waals surface area contributed by atoms with E-state index in [4.69, 9.17) is 5.11 Å². The lowest BCUT2D eigenvalue weighted by atomic mass is 10.00. The lowest BCUT2D eigenvalue weighted by molar-refractivity contribution is 0.135. The van der Waals surface area contributed by atoms with E-state index in [0.717, 1.165) is 12.1 Å². The summed E-state index contributed by atoms with van der Waals surface area (Å²) in [5, 5.41) is 12.2. The molecule has 3 nitrogen and oxygen atoms in total. The van der Waals surface area contributed by atoms with Gasteiger partial charge in [0.2, 0.25) is 0 Å². The number of rotatable bonds is 4. The van der Waals surface area contributed by atoms with Gasteiger partial charge in [-0.15, -0.1) is 12.4 Å². The highest BCUT2D eigenvalue weighted by Crippen LogP contribution is 2.30. The Balaban J connectivity index is 0.00000200. The van der Waals surface area contributed by atoms with Crippen molar-refractivity contribution in [2.24, 2.45) is 0 Å². The van der Waals surface area contributed by atoms with Gasteiger partial charge in [0.1, 0.15) is 5.82 Å². The minimum atomic E-state index is -1.16. The Hall–Kier alpha value is -0.820. The van der Waals surface area contributed by atoms with E-state index in [2.05, 4.69) is 5.32 Å². The molecule has 0 bridgehead atoms. The molecule has 114 valence electrons. The predicted molar refractivity (Wildman–Crippen MR) is 72.5 cm³/mol. The van der Waals surface area contributed by atoms with Gasteiger partial charge < -0.3 is 10.4 Å². The molecular formula is C13H18ClF3N2O. The van der Waals surface area contributed by atoms with Gasteiger partial charge in [-0.2, -0.15) is 0 Å². The second-order valence-electron chi connectivity index (χ2n) is 4.57. The van der Waals surface area contributed by atoms with Crippen LogP contribution in [-0.2, 0) is 0 Å². The molecular weight excluding hydrogens is 293 g/mol. The number of hydrogen-bond donors (Lipinski definition) is 2. The summed E-state index contributed by atoms with van der Waals surface area (Å²) in [6, 6.07) is 1.07. The van der Waals surface area contributed by atoms with Gasteiger partial charge in [-0.3, -0.25) is 4.90 Å². The first-order valence-electron chi connectivity index (χ1n) is 6.34. The minimum Gasteiger partial charge on any atom is -0.396 e. The molecule has 1 aromatic carbocycles. The van der Waals surface area contributed by atoms with Crippen LogP contribution in [0.4, 0.5) is 13.2 Å². The third kappa shape index (κ3) is 3.63. The van der Waals surface area contributed by atoms with Crippen molar-refractivity contribution in [2.45, 2.75) is 12.5 Å². The summed E-state index contributed by atoms with van der Waals surface area (Å²) in [6.45, 7) is 2.44. The summed E-state index contributed by atoms with van der Waals surface area (Å²) in [4.78, 5) is 1.87. The third-order valence-corrected chi connectivity index (χ3v) is 3.41. The van der Waals surface area contributed by atoms with Crippen molar-refractivity contribution in [2.75, 3.05) is 32.8 Å².